The van der Waals surface area contributed by atoms with Crippen molar-refractivity contribution in [3.05, 3.63) is 77.2 Å². The van der Waals surface area contributed by atoms with Crippen molar-refractivity contribution in [1.82, 2.24) is 15.3 Å². The number of nitrogens with one attached hydrogen (secondary N) is 2. The topological polar surface area (TPSA) is 76.1 Å². The maximum absolute atomic E-state index is 12.4. The lowest BCUT2D eigenvalue weighted by atomic mass is 9.98. The summed E-state index contributed by atoms with van der Waals surface area (Å²) in [6.45, 7) is 6.72. The van der Waals surface area contributed by atoms with Crippen LogP contribution in [0.4, 0.5) is 11.5 Å². The normalized spacial score (nSPS) is 10.7. The lowest BCUT2D eigenvalue weighted by Crippen LogP contribution is -2.24. The number of amides is 1. The number of benzene rings is 2. The maximum Gasteiger partial charge on any atom is 0.271 e. The Morgan fingerprint density at radius 3 is 2.55 bits per heavy atom. The second kappa shape index (κ2) is 9.19. The summed E-state index contributed by atoms with van der Waals surface area (Å²) >= 11 is 0. The number of rotatable bonds is 7. The third kappa shape index (κ3) is 4.90. The van der Waals surface area contributed by atoms with Crippen molar-refractivity contribution in [1.29, 1.82) is 0 Å². The van der Waals surface area contributed by atoms with Crippen molar-refractivity contribution in [2.24, 2.45) is 0 Å². The molecule has 0 bridgehead atoms. The van der Waals surface area contributed by atoms with Gasteiger partial charge in [0.05, 0.1) is 19.5 Å². The van der Waals surface area contributed by atoms with Crippen LogP contribution in [0.25, 0.3) is 0 Å². The Hall–Kier alpha value is -3.41. The molecule has 0 aliphatic carbocycles. The van der Waals surface area contributed by atoms with E-state index in [0.717, 1.165) is 22.6 Å². The third-order valence-corrected chi connectivity index (χ3v) is 4.70. The molecule has 1 aromatic heterocycles. The second-order valence-electron chi connectivity index (χ2n) is 7.10. The van der Waals surface area contributed by atoms with Crippen molar-refractivity contribution in [3.63, 3.8) is 0 Å². The van der Waals surface area contributed by atoms with Crippen LogP contribution in [0.3, 0.4) is 0 Å². The van der Waals surface area contributed by atoms with E-state index in [-0.39, 0.29) is 11.6 Å². The molecule has 1 heterocycles. The molecule has 0 saturated heterocycles. The molecule has 150 valence electrons. The molecule has 0 radical (unpaired) electrons. The first kappa shape index (κ1) is 20.3. The Bertz CT molecular complexity index is 984. The summed E-state index contributed by atoms with van der Waals surface area (Å²) in [6, 6.07) is 13.8. The van der Waals surface area contributed by atoms with E-state index in [1.165, 1.54) is 11.8 Å². The number of para-hydroxylation sites is 2. The molecular weight excluding hydrogens is 364 g/mol. The van der Waals surface area contributed by atoms with Crippen LogP contribution < -0.4 is 15.4 Å². The summed E-state index contributed by atoms with van der Waals surface area (Å²) in [5.41, 5.74) is 4.54. The molecule has 0 unspecified atom stereocenters. The zero-order valence-electron chi connectivity index (χ0n) is 17.2. The zero-order valence-corrected chi connectivity index (χ0v) is 17.2. The SMILES string of the molecule is COc1ccccc1CNC(=O)c1cnc(Nc2c(C)cccc2C(C)C)cn1. The van der Waals surface area contributed by atoms with Gasteiger partial charge < -0.3 is 15.4 Å². The number of ether oxygens (including phenoxy) is 1. The number of hydrogen-bond acceptors (Lipinski definition) is 5. The lowest BCUT2D eigenvalue weighted by Gasteiger charge is -2.16. The first-order valence-electron chi connectivity index (χ1n) is 9.58. The van der Waals surface area contributed by atoms with Crippen LogP contribution in [0.2, 0.25) is 0 Å². The predicted molar refractivity (Wildman–Crippen MR) is 115 cm³/mol. The summed E-state index contributed by atoms with van der Waals surface area (Å²) < 4.78 is 5.30. The van der Waals surface area contributed by atoms with Crippen molar-refractivity contribution < 1.29 is 9.53 Å². The monoisotopic (exact) mass is 390 g/mol. The van der Waals surface area contributed by atoms with E-state index in [1.54, 1.807) is 13.3 Å². The standard InChI is InChI=1S/C23H26N4O2/c1-15(2)18-10-7-8-16(3)22(18)27-21-14-24-19(13-25-21)23(28)26-12-17-9-5-6-11-20(17)29-4/h5-11,13-15H,12H2,1-4H3,(H,25,27)(H,26,28). The summed E-state index contributed by atoms with van der Waals surface area (Å²) in [4.78, 5) is 21.0. The number of anilines is 2. The molecule has 2 aromatic carbocycles. The molecule has 2 N–H and O–H groups in total. The largest absolute Gasteiger partial charge is 0.496 e. The molecule has 3 aromatic rings. The van der Waals surface area contributed by atoms with Gasteiger partial charge in [-0.2, -0.15) is 0 Å². The van der Waals surface area contributed by atoms with Gasteiger partial charge in [0.1, 0.15) is 17.3 Å². The molecular formula is C23H26N4O2. The molecule has 1 amide bonds. The number of carbonyl (C=O) groups is 1. The van der Waals surface area contributed by atoms with E-state index in [4.69, 9.17) is 4.74 Å². The molecule has 0 spiro atoms. The van der Waals surface area contributed by atoms with E-state index < -0.39 is 0 Å². The Morgan fingerprint density at radius 2 is 1.86 bits per heavy atom. The Morgan fingerprint density at radius 1 is 1.07 bits per heavy atom. The maximum atomic E-state index is 12.4. The Balaban J connectivity index is 1.68. The van der Waals surface area contributed by atoms with E-state index in [2.05, 4.69) is 59.6 Å². The van der Waals surface area contributed by atoms with Gasteiger partial charge in [0, 0.05) is 17.8 Å². The van der Waals surface area contributed by atoms with Crippen LogP contribution in [-0.2, 0) is 6.54 Å². The minimum atomic E-state index is -0.284. The van der Waals surface area contributed by atoms with Crippen LogP contribution in [0.5, 0.6) is 5.75 Å². The predicted octanol–water partition coefficient (Wildman–Crippen LogP) is 4.59. The average molecular weight is 390 g/mol. The minimum Gasteiger partial charge on any atom is -0.496 e. The third-order valence-electron chi connectivity index (χ3n) is 4.70. The summed E-state index contributed by atoms with van der Waals surface area (Å²) in [6.07, 6.45) is 3.06. The highest BCUT2D eigenvalue weighted by atomic mass is 16.5. The van der Waals surface area contributed by atoms with Crippen molar-refractivity contribution in [2.45, 2.75) is 33.2 Å². The number of hydrogen-bond donors (Lipinski definition) is 2. The molecule has 0 fully saturated rings. The van der Waals surface area contributed by atoms with Gasteiger partial charge in [-0.25, -0.2) is 9.97 Å². The molecule has 6 nitrogen and oxygen atoms in total. The summed E-state index contributed by atoms with van der Waals surface area (Å²) in [5, 5.41) is 6.19. The first-order valence-corrected chi connectivity index (χ1v) is 9.58. The van der Waals surface area contributed by atoms with E-state index in [1.807, 2.05) is 24.3 Å². The van der Waals surface area contributed by atoms with Gasteiger partial charge in [-0.1, -0.05) is 50.2 Å². The van der Waals surface area contributed by atoms with E-state index in [0.29, 0.717) is 18.3 Å². The fourth-order valence-corrected chi connectivity index (χ4v) is 3.10. The van der Waals surface area contributed by atoms with E-state index >= 15 is 0 Å². The Labute approximate surface area is 171 Å². The van der Waals surface area contributed by atoms with Gasteiger partial charge in [0.2, 0.25) is 0 Å². The van der Waals surface area contributed by atoms with Crippen LogP contribution in [-0.4, -0.2) is 23.0 Å². The van der Waals surface area contributed by atoms with Crippen LogP contribution >= 0.6 is 0 Å². The fourth-order valence-electron chi connectivity index (χ4n) is 3.10. The quantitative estimate of drug-likeness (QED) is 0.617. The first-order chi connectivity index (χ1) is 14.0. The van der Waals surface area contributed by atoms with Gasteiger partial charge in [-0.05, 0) is 30.0 Å². The van der Waals surface area contributed by atoms with Crippen molar-refractivity contribution in [3.8, 4) is 5.75 Å². The minimum absolute atomic E-state index is 0.263. The van der Waals surface area contributed by atoms with Gasteiger partial charge in [0.25, 0.3) is 5.91 Å². The second-order valence-corrected chi connectivity index (χ2v) is 7.10. The summed E-state index contributed by atoms with van der Waals surface area (Å²) in [5.74, 6) is 1.43. The lowest BCUT2D eigenvalue weighted by molar-refractivity contribution is 0.0945. The zero-order chi connectivity index (χ0) is 20.8. The number of methoxy groups -OCH3 is 1. The average Bonchev–Trinajstić information content (AvgIpc) is 2.74. The molecule has 0 aliphatic heterocycles. The van der Waals surface area contributed by atoms with Crippen LogP contribution in [0.15, 0.2) is 54.9 Å². The van der Waals surface area contributed by atoms with Gasteiger partial charge >= 0.3 is 0 Å². The molecule has 3 rings (SSSR count). The highest BCUT2D eigenvalue weighted by molar-refractivity contribution is 5.92. The highest BCUT2D eigenvalue weighted by Gasteiger charge is 2.12. The van der Waals surface area contributed by atoms with E-state index in [9.17, 15) is 4.79 Å². The number of carbonyl (C=O) groups excluding carboxylic acids is 1. The van der Waals surface area contributed by atoms with Crippen LogP contribution in [0, 0.1) is 6.92 Å². The molecule has 0 saturated carbocycles. The van der Waals surface area contributed by atoms with Crippen molar-refractivity contribution >= 4 is 17.4 Å². The number of aromatic nitrogens is 2. The smallest absolute Gasteiger partial charge is 0.271 e. The van der Waals surface area contributed by atoms with Gasteiger partial charge in [-0.3, -0.25) is 4.79 Å². The van der Waals surface area contributed by atoms with Gasteiger partial charge in [-0.15, -0.1) is 0 Å². The van der Waals surface area contributed by atoms with Crippen molar-refractivity contribution in [2.75, 3.05) is 12.4 Å². The number of nitrogens with zero attached hydrogens (tertiary/aromatic N) is 2. The summed E-state index contributed by atoms with van der Waals surface area (Å²) in [7, 11) is 1.61. The molecule has 29 heavy (non-hydrogen) atoms. The molecule has 0 aliphatic rings. The molecule has 6 heteroatoms. The van der Waals surface area contributed by atoms with Gasteiger partial charge in [0.15, 0.2) is 0 Å². The molecule has 0 atom stereocenters. The number of aryl methyl sites for hydroxylation is 1. The Kier molecular flexibility index (Phi) is 6.44. The highest BCUT2D eigenvalue weighted by Crippen LogP contribution is 2.29. The fraction of sp³-hybridized carbons (Fsp3) is 0.261. The van der Waals surface area contributed by atoms with Crippen LogP contribution in [0.1, 0.15) is 46.9 Å².